The topological polar surface area (TPSA) is 66.4 Å². The van der Waals surface area contributed by atoms with E-state index in [1.54, 1.807) is 0 Å². The van der Waals surface area contributed by atoms with Crippen molar-refractivity contribution in [1.82, 2.24) is 5.32 Å². The van der Waals surface area contributed by atoms with E-state index in [0.29, 0.717) is 24.7 Å². The first kappa shape index (κ1) is 11.7. The highest BCUT2D eigenvalue weighted by Gasteiger charge is 2.67. The average Bonchev–Trinajstić information content (AvgIpc) is 2.75. The molecule has 6 atom stereocenters. The lowest BCUT2D eigenvalue weighted by molar-refractivity contribution is -0.141. The van der Waals surface area contributed by atoms with Crippen LogP contribution in [0.1, 0.15) is 38.5 Å². The zero-order valence-electron chi connectivity index (χ0n) is 11.0. The Balaban J connectivity index is 1.33. The van der Waals surface area contributed by atoms with Crippen LogP contribution < -0.4 is 5.32 Å². The van der Waals surface area contributed by atoms with E-state index in [2.05, 4.69) is 5.32 Å². The Morgan fingerprint density at radius 3 is 2.21 bits per heavy atom. The van der Waals surface area contributed by atoms with Crippen molar-refractivity contribution in [2.24, 2.45) is 35.5 Å². The van der Waals surface area contributed by atoms with Crippen molar-refractivity contribution in [2.75, 3.05) is 0 Å². The molecule has 0 radical (unpaired) electrons. The lowest BCUT2D eigenvalue weighted by Crippen LogP contribution is -2.35. The third kappa shape index (κ3) is 1.72. The largest absolute Gasteiger partial charge is 0.481 e. The molecule has 0 aromatic heterocycles. The first-order valence-electron chi connectivity index (χ1n) is 7.68. The highest BCUT2D eigenvalue weighted by atomic mass is 16.4. The number of carbonyl (C=O) groups is 2. The third-order valence-corrected chi connectivity index (χ3v) is 6.17. The summed E-state index contributed by atoms with van der Waals surface area (Å²) in [5.41, 5.74) is 0. The van der Waals surface area contributed by atoms with Crippen LogP contribution in [0, 0.1) is 35.5 Å². The molecule has 4 rings (SSSR count). The summed E-state index contributed by atoms with van der Waals surface area (Å²) in [5.74, 6) is 2.53. The van der Waals surface area contributed by atoms with Crippen LogP contribution in [0.4, 0.5) is 0 Å². The summed E-state index contributed by atoms with van der Waals surface area (Å²) in [6, 6.07) is 0.104. The van der Waals surface area contributed by atoms with E-state index in [-0.39, 0.29) is 23.8 Å². The number of carboxylic acids is 1. The Kier molecular flexibility index (Phi) is 2.45. The third-order valence-electron chi connectivity index (χ3n) is 6.17. The molecule has 0 aliphatic heterocycles. The van der Waals surface area contributed by atoms with Gasteiger partial charge >= 0.3 is 5.97 Å². The van der Waals surface area contributed by atoms with Crippen LogP contribution in [-0.2, 0) is 9.59 Å². The molecule has 4 heteroatoms. The minimum absolute atomic E-state index is 0.104. The van der Waals surface area contributed by atoms with E-state index in [9.17, 15) is 9.59 Å². The summed E-state index contributed by atoms with van der Waals surface area (Å²) in [6.45, 7) is 0. The van der Waals surface area contributed by atoms with E-state index < -0.39 is 5.97 Å². The van der Waals surface area contributed by atoms with E-state index in [1.807, 2.05) is 0 Å². The van der Waals surface area contributed by atoms with Gasteiger partial charge in [0.1, 0.15) is 0 Å². The Bertz CT molecular complexity index is 419. The van der Waals surface area contributed by atoms with Crippen molar-refractivity contribution >= 4 is 11.9 Å². The van der Waals surface area contributed by atoms with Crippen LogP contribution in [0.5, 0.6) is 0 Å². The summed E-state index contributed by atoms with van der Waals surface area (Å²) in [7, 11) is 0. The maximum atomic E-state index is 12.3. The second-order valence-corrected chi connectivity index (χ2v) is 7.07. The molecule has 104 valence electrons. The fraction of sp³-hybridized carbons (Fsp3) is 0.867. The van der Waals surface area contributed by atoms with Crippen LogP contribution in [0.15, 0.2) is 0 Å². The molecule has 2 N–H and O–H groups in total. The fourth-order valence-electron chi connectivity index (χ4n) is 5.31. The smallest absolute Gasteiger partial charge is 0.306 e. The molecule has 0 saturated heterocycles. The first-order valence-corrected chi connectivity index (χ1v) is 7.68. The molecule has 0 spiro atoms. The molecule has 4 aliphatic carbocycles. The predicted molar refractivity (Wildman–Crippen MR) is 68.2 cm³/mol. The number of rotatable bonds is 3. The first-order chi connectivity index (χ1) is 9.15. The molecule has 4 aliphatic rings. The molecule has 1 amide bonds. The van der Waals surface area contributed by atoms with E-state index >= 15 is 0 Å². The fourth-order valence-corrected chi connectivity index (χ4v) is 5.31. The van der Waals surface area contributed by atoms with Gasteiger partial charge in [-0.15, -0.1) is 0 Å². The van der Waals surface area contributed by atoms with Gasteiger partial charge in [-0.25, -0.2) is 0 Å². The molecular formula is C15H21NO3. The summed E-state index contributed by atoms with van der Waals surface area (Å²) >= 11 is 0. The maximum absolute atomic E-state index is 12.3. The Hall–Kier alpha value is -1.06. The minimum Gasteiger partial charge on any atom is -0.481 e. The molecule has 0 aromatic rings. The molecular weight excluding hydrogens is 242 g/mol. The van der Waals surface area contributed by atoms with Crippen LogP contribution >= 0.6 is 0 Å². The van der Waals surface area contributed by atoms with Crippen molar-refractivity contribution in [2.45, 2.75) is 44.6 Å². The van der Waals surface area contributed by atoms with Gasteiger partial charge in [0.15, 0.2) is 0 Å². The Morgan fingerprint density at radius 1 is 0.947 bits per heavy atom. The molecule has 4 fully saturated rings. The lowest BCUT2D eigenvalue weighted by Gasteiger charge is -2.14. The number of aliphatic carboxylic acids is 1. The summed E-state index contributed by atoms with van der Waals surface area (Å²) < 4.78 is 0. The standard InChI is InChI=1S/C15H21NO3/c17-14(16-10-4-3-9(6-10)15(18)19)13-11-7-1-2-8(5-7)12(11)13/h7-13H,1-6H2,(H,16,17)(H,18,19)/t7?,8?,9-,10+,11?,12?,13?/m0/s1. The number of amides is 1. The van der Waals surface area contributed by atoms with Gasteiger partial charge in [-0.2, -0.15) is 0 Å². The normalized spacial score (nSPS) is 50.0. The Morgan fingerprint density at radius 2 is 1.63 bits per heavy atom. The summed E-state index contributed by atoms with van der Waals surface area (Å²) in [4.78, 5) is 23.2. The zero-order valence-corrected chi connectivity index (χ0v) is 11.0. The van der Waals surface area contributed by atoms with Crippen molar-refractivity contribution in [3.05, 3.63) is 0 Å². The number of fused-ring (bicyclic) bond motifs is 5. The predicted octanol–water partition coefficient (Wildman–Crippen LogP) is 1.65. The van der Waals surface area contributed by atoms with Gasteiger partial charge < -0.3 is 10.4 Å². The molecule has 2 bridgehead atoms. The number of carboxylic acid groups (broad SMARTS) is 1. The van der Waals surface area contributed by atoms with Gasteiger partial charge in [-0.1, -0.05) is 0 Å². The second-order valence-electron chi connectivity index (χ2n) is 7.07. The van der Waals surface area contributed by atoms with Crippen molar-refractivity contribution < 1.29 is 14.7 Å². The quantitative estimate of drug-likeness (QED) is 0.813. The molecule has 19 heavy (non-hydrogen) atoms. The van der Waals surface area contributed by atoms with Gasteiger partial charge in [0.05, 0.1) is 5.92 Å². The van der Waals surface area contributed by atoms with Gasteiger partial charge in [0.2, 0.25) is 5.91 Å². The van der Waals surface area contributed by atoms with Gasteiger partial charge in [0, 0.05) is 12.0 Å². The number of carbonyl (C=O) groups excluding carboxylic acids is 1. The van der Waals surface area contributed by atoms with Crippen LogP contribution in [0.25, 0.3) is 0 Å². The minimum atomic E-state index is -0.710. The molecule has 4 saturated carbocycles. The average molecular weight is 263 g/mol. The van der Waals surface area contributed by atoms with Gasteiger partial charge in [0.25, 0.3) is 0 Å². The molecule has 4 unspecified atom stereocenters. The van der Waals surface area contributed by atoms with Crippen molar-refractivity contribution in [1.29, 1.82) is 0 Å². The van der Waals surface area contributed by atoms with E-state index in [4.69, 9.17) is 5.11 Å². The molecule has 4 nitrogen and oxygen atoms in total. The lowest BCUT2D eigenvalue weighted by atomic mass is 10.0. The zero-order chi connectivity index (χ0) is 13.1. The van der Waals surface area contributed by atoms with Crippen LogP contribution in [0.3, 0.4) is 0 Å². The molecule has 0 heterocycles. The summed E-state index contributed by atoms with van der Waals surface area (Å²) in [6.07, 6.45) is 6.19. The Labute approximate surface area is 112 Å². The van der Waals surface area contributed by atoms with Crippen molar-refractivity contribution in [3.8, 4) is 0 Å². The second kappa shape index (κ2) is 3.97. The van der Waals surface area contributed by atoms with Crippen LogP contribution in [0.2, 0.25) is 0 Å². The highest BCUT2D eigenvalue weighted by molar-refractivity contribution is 5.83. The van der Waals surface area contributed by atoms with Crippen molar-refractivity contribution in [3.63, 3.8) is 0 Å². The van der Waals surface area contributed by atoms with Gasteiger partial charge in [-0.05, 0) is 62.2 Å². The SMILES string of the molecule is O=C(N[C@@H]1CC[C@H](C(=O)O)C1)C1C2C3CCC(C3)C12. The van der Waals surface area contributed by atoms with Crippen LogP contribution in [-0.4, -0.2) is 23.0 Å². The highest BCUT2D eigenvalue weighted by Crippen LogP contribution is 2.69. The number of hydrogen-bond acceptors (Lipinski definition) is 2. The van der Waals surface area contributed by atoms with Gasteiger partial charge in [-0.3, -0.25) is 9.59 Å². The summed E-state index contributed by atoms with van der Waals surface area (Å²) in [5, 5.41) is 12.1. The molecule has 0 aromatic carbocycles. The van der Waals surface area contributed by atoms with E-state index in [1.165, 1.54) is 19.3 Å². The monoisotopic (exact) mass is 263 g/mol. The van der Waals surface area contributed by atoms with E-state index in [0.717, 1.165) is 18.3 Å². The number of hydrogen-bond donors (Lipinski definition) is 2. The number of nitrogens with one attached hydrogen (secondary N) is 1. The maximum Gasteiger partial charge on any atom is 0.306 e.